The molecule has 0 bridgehead atoms. The maximum Gasteiger partial charge on any atom is 0.307 e. The van der Waals surface area contributed by atoms with Crippen molar-refractivity contribution in [1.82, 2.24) is 10.6 Å². The molecule has 5 nitrogen and oxygen atoms in total. The van der Waals surface area contributed by atoms with Crippen LogP contribution in [0.1, 0.15) is 19.3 Å². The van der Waals surface area contributed by atoms with E-state index in [-0.39, 0.29) is 34.7 Å². The number of benzene rings is 1. The molecule has 0 unspecified atom stereocenters. The van der Waals surface area contributed by atoms with Gasteiger partial charge >= 0.3 is 5.97 Å². The van der Waals surface area contributed by atoms with Crippen LogP contribution < -0.4 is 10.6 Å². The van der Waals surface area contributed by atoms with Gasteiger partial charge < -0.3 is 15.4 Å². The number of hydrogen-bond acceptors (Lipinski definition) is 4. The normalized spacial score (nSPS) is 15.3. The van der Waals surface area contributed by atoms with E-state index in [9.17, 15) is 4.79 Å². The Morgan fingerprint density at radius 2 is 2.00 bits per heavy atom. The van der Waals surface area contributed by atoms with Crippen molar-refractivity contribution in [1.29, 1.82) is 0 Å². The Hall–Kier alpha value is -0.960. The van der Waals surface area contributed by atoms with E-state index in [0.29, 0.717) is 13.0 Å². The molecular weight excluding hydrogens is 425 g/mol. The second-order valence-corrected chi connectivity index (χ2v) is 6.82. The number of carbonyl (C=O) groups excluding carboxylic acids is 1. The van der Waals surface area contributed by atoms with Crippen molar-refractivity contribution in [2.24, 2.45) is 4.99 Å². The Morgan fingerprint density at radius 1 is 1.30 bits per heavy atom. The van der Waals surface area contributed by atoms with Gasteiger partial charge in [0.1, 0.15) is 0 Å². The van der Waals surface area contributed by atoms with E-state index in [1.807, 2.05) is 17.8 Å². The second kappa shape index (κ2) is 10.0. The van der Waals surface area contributed by atoms with Gasteiger partial charge in [0.25, 0.3) is 0 Å². The van der Waals surface area contributed by atoms with Crippen LogP contribution in [0.15, 0.2) is 40.2 Å². The molecule has 128 valence electrons. The number of hydrogen-bond donors (Lipinski definition) is 2. The van der Waals surface area contributed by atoms with Gasteiger partial charge in [-0.25, -0.2) is 0 Å². The smallest absolute Gasteiger partial charge is 0.307 e. The summed E-state index contributed by atoms with van der Waals surface area (Å²) in [6.45, 7) is 1.38. The van der Waals surface area contributed by atoms with Gasteiger partial charge in [0, 0.05) is 29.8 Å². The highest BCUT2D eigenvalue weighted by molar-refractivity contribution is 14.0. The standard InChI is InChI=1S/C16H23N3O2S.HI/c1-17-15(18-11-8-14(20)21-2)19-12-16(9-10-16)22-13-6-4-3-5-7-13;/h3-7H,8-12H2,1-2H3,(H2,17,18,19);1H. The molecule has 0 aromatic heterocycles. The molecule has 0 saturated heterocycles. The summed E-state index contributed by atoms with van der Waals surface area (Å²) >= 11 is 1.92. The van der Waals surface area contributed by atoms with E-state index in [0.717, 1.165) is 12.5 Å². The first kappa shape index (κ1) is 20.1. The van der Waals surface area contributed by atoms with Crippen LogP contribution >= 0.6 is 35.7 Å². The zero-order valence-corrected chi connectivity index (χ0v) is 16.6. The number of esters is 1. The van der Waals surface area contributed by atoms with E-state index < -0.39 is 0 Å². The Bertz CT molecular complexity index is 521. The maximum atomic E-state index is 11.1. The van der Waals surface area contributed by atoms with Crippen LogP contribution in [0, 0.1) is 0 Å². The number of thioether (sulfide) groups is 1. The number of methoxy groups -OCH3 is 1. The fourth-order valence-electron chi connectivity index (χ4n) is 2.04. The first-order chi connectivity index (χ1) is 10.7. The molecule has 1 aromatic rings. The van der Waals surface area contributed by atoms with Gasteiger partial charge in [-0.3, -0.25) is 9.79 Å². The topological polar surface area (TPSA) is 62.7 Å². The monoisotopic (exact) mass is 449 g/mol. The van der Waals surface area contributed by atoms with Crippen LogP contribution in [-0.4, -0.2) is 43.9 Å². The molecule has 1 aliphatic carbocycles. The van der Waals surface area contributed by atoms with Crippen molar-refractivity contribution >= 4 is 47.7 Å². The SMILES string of the molecule is CN=C(NCCC(=O)OC)NCC1(Sc2ccccc2)CC1.I. The van der Waals surface area contributed by atoms with Gasteiger partial charge in [0.05, 0.1) is 13.5 Å². The molecule has 0 aliphatic heterocycles. The van der Waals surface area contributed by atoms with E-state index >= 15 is 0 Å². The quantitative estimate of drug-likeness (QED) is 0.290. The summed E-state index contributed by atoms with van der Waals surface area (Å²) in [6.07, 6.45) is 2.75. The summed E-state index contributed by atoms with van der Waals surface area (Å²) in [7, 11) is 3.13. The number of guanidine groups is 1. The van der Waals surface area contributed by atoms with Crippen molar-refractivity contribution in [3.63, 3.8) is 0 Å². The van der Waals surface area contributed by atoms with Crippen molar-refractivity contribution in [3.8, 4) is 0 Å². The predicted molar refractivity (Wildman–Crippen MR) is 106 cm³/mol. The number of nitrogens with one attached hydrogen (secondary N) is 2. The van der Waals surface area contributed by atoms with Crippen LogP contribution in [0.25, 0.3) is 0 Å². The Kier molecular flexibility index (Phi) is 8.75. The van der Waals surface area contributed by atoms with Crippen molar-refractivity contribution in [2.75, 3.05) is 27.2 Å². The lowest BCUT2D eigenvalue weighted by molar-refractivity contribution is -0.140. The molecule has 2 rings (SSSR count). The van der Waals surface area contributed by atoms with E-state index in [2.05, 4.69) is 44.6 Å². The number of ether oxygens (including phenoxy) is 1. The van der Waals surface area contributed by atoms with Crippen LogP contribution in [0.4, 0.5) is 0 Å². The van der Waals surface area contributed by atoms with Gasteiger partial charge in [-0.1, -0.05) is 18.2 Å². The van der Waals surface area contributed by atoms with Crippen LogP contribution in [-0.2, 0) is 9.53 Å². The third kappa shape index (κ3) is 6.99. The largest absolute Gasteiger partial charge is 0.469 e. The van der Waals surface area contributed by atoms with Gasteiger partial charge in [-0.2, -0.15) is 0 Å². The molecular formula is C16H24IN3O2S. The number of carbonyl (C=O) groups is 1. The highest BCUT2D eigenvalue weighted by atomic mass is 127. The van der Waals surface area contributed by atoms with Crippen LogP contribution in [0.5, 0.6) is 0 Å². The average Bonchev–Trinajstić information content (AvgIpc) is 3.31. The second-order valence-electron chi connectivity index (χ2n) is 5.28. The molecule has 23 heavy (non-hydrogen) atoms. The first-order valence-electron chi connectivity index (χ1n) is 7.43. The molecule has 0 atom stereocenters. The summed E-state index contributed by atoms with van der Waals surface area (Å²) in [5, 5.41) is 6.48. The van der Waals surface area contributed by atoms with E-state index in [4.69, 9.17) is 0 Å². The zero-order chi connectivity index (χ0) is 15.8. The minimum Gasteiger partial charge on any atom is -0.469 e. The van der Waals surface area contributed by atoms with Crippen LogP contribution in [0.2, 0.25) is 0 Å². The van der Waals surface area contributed by atoms with Crippen LogP contribution in [0.3, 0.4) is 0 Å². The van der Waals surface area contributed by atoms with Gasteiger partial charge in [0.15, 0.2) is 5.96 Å². The minimum atomic E-state index is -0.221. The third-order valence-corrected chi connectivity index (χ3v) is 5.03. The summed E-state index contributed by atoms with van der Waals surface area (Å²) in [5.74, 6) is 0.505. The third-order valence-electron chi connectivity index (χ3n) is 3.54. The zero-order valence-electron chi connectivity index (χ0n) is 13.5. The van der Waals surface area contributed by atoms with Crippen molar-refractivity contribution < 1.29 is 9.53 Å². The molecule has 0 radical (unpaired) electrons. The summed E-state index contributed by atoms with van der Waals surface area (Å²) in [6, 6.07) is 10.5. The molecule has 0 heterocycles. The highest BCUT2D eigenvalue weighted by Gasteiger charge is 2.43. The van der Waals surface area contributed by atoms with Crippen molar-refractivity contribution in [2.45, 2.75) is 28.9 Å². The maximum absolute atomic E-state index is 11.1. The number of rotatable bonds is 7. The molecule has 0 amide bonds. The van der Waals surface area contributed by atoms with Gasteiger partial charge in [0.2, 0.25) is 0 Å². The summed E-state index contributed by atoms with van der Waals surface area (Å²) < 4.78 is 4.88. The predicted octanol–water partition coefficient (Wildman–Crippen LogP) is 2.66. The molecule has 7 heteroatoms. The Morgan fingerprint density at radius 3 is 2.57 bits per heavy atom. The first-order valence-corrected chi connectivity index (χ1v) is 8.24. The van der Waals surface area contributed by atoms with Crippen molar-refractivity contribution in [3.05, 3.63) is 30.3 Å². The minimum absolute atomic E-state index is 0. The lowest BCUT2D eigenvalue weighted by Crippen LogP contribution is -2.41. The van der Waals surface area contributed by atoms with E-state index in [1.165, 1.54) is 24.8 Å². The molecule has 1 fully saturated rings. The average molecular weight is 449 g/mol. The van der Waals surface area contributed by atoms with E-state index in [1.54, 1.807) is 7.05 Å². The Balaban J connectivity index is 0.00000264. The fourth-order valence-corrected chi connectivity index (χ4v) is 3.29. The Labute approximate surface area is 159 Å². The number of nitrogens with zero attached hydrogens (tertiary/aromatic N) is 1. The number of halogens is 1. The molecule has 1 aromatic carbocycles. The molecule has 1 aliphatic rings. The molecule has 2 N–H and O–H groups in total. The fraction of sp³-hybridized carbons (Fsp3) is 0.500. The molecule has 1 saturated carbocycles. The summed E-state index contributed by atoms with van der Waals surface area (Å²) in [5.41, 5.74) is 0. The van der Waals surface area contributed by atoms with Gasteiger partial charge in [-0.05, 0) is 25.0 Å². The molecule has 0 spiro atoms. The number of aliphatic imine (C=N–C) groups is 1. The lowest BCUT2D eigenvalue weighted by atomic mass is 10.4. The highest BCUT2D eigenvalue weighted by Crippen LogP contribution is 2.51. The van der Waals surface area contributed by atoms with Gasteiger partial charge in [-0.15, -0.1) is 35.7 Å². The summed E-state index contributed by atoms with van der Waals surface area (Å²) in [4.78, 5) is 16.6. The lowest BCUT2D eigenvalue weighted by Gasteiger charge is -2.18.